The summed E-state index contributed by atoms with van der Waals surface area (Å²) in [4.78, 5) is 18.8. The standard InChI is InChI=1S/C14H23N7S/c1-10(5-12-6-16-8-19-12)21-14(15)17-3-4-22-7-13-11(2)18-9-20-13/h6,8-10H,3-5,7H2,1-2H3,(H,16,19)(H,18,20)(H3,15,17,21)/t10-/m0/s1. The Labute approximate surface area is 134 Å². The summed E-state index contributed by atoms with van der Waals surface area (Å²) in [6.07, 6.45) is 6.06. The molecule has 8 heteroatoms. The molecular formula is C14H23N7S. The summed E-state index contributed by atoms with van der Waals surface area (Å²) in [6, 6.07) is 0.212. The van der Waals surface area contributed by atoms with Crippen molar-refractivity contribution in [3.63, 3.8) is 0 Å². The second-order valence-corrected chi connectivity index (χ2v) is 6.23. The summed E-state index contributed by atoms with van der Waals surface area (Å²) in [5.41, 5.74) is 9.21. The number of guanidine groups is 1. The van der Waals surface area contributed by atoms with E-state index in [0.29, 0.717) is 12.5 Å². The van der Waals surface area contributed by atoms with Crippen molar-refractivity contribution in [2.75, 3.05) is 12.3 Å². The molecule has 5 N–H and O–H groups in total. The molecule has 0 amide bonds. The highest BCUT2D eigenvalue weighted by Gasteiger charge is 2.05. The van der Waals surface area contributed by atoms with Crippen LogP contribution in [0.15, 0.2) is 23.8 Å². The Bertz CT molecular complexity index is 576. The molecule has 0 aliphatic heterocycles. The summed E-state index contributed by atoms with van der Waals surface area (Å²) >= 11 is 1.80. The average Bonchev–Trinajstić information content (AvgIpc) is 3.10. The molecule has 1 atom stereocenters. The molecule has 2 aromatic rings. The van der Waals surface area contributed by atoms with Crippen molar-refractivity contribution in [3.8, 4) is 0 Å². The number of nitrogens with one attached hydrogen (secondary N) is 3. The zero-order valence-corrected chi connectivity index (χ0v) is 13.8. The van der Waals surface area contributed by atoms with E-state index in [1.54, 1.807) is 24.4 Å². The van der Waals surface area contributed by atoms with Crippen LogP contribution in [0.4, 0.5) is 0 Å². The number of aromatic amines is 2. The van der Waals surface area contributed by atoms with Crippen LogP contribution in [0.5, 0.6) is 0 Å². The van der Waals surface area contributed by atoms with E-state index in [9.17, 15) is 0 Å². The smallest absolute Gasteiger partial charge is 0.188 e. The van der Waals surface area contributed by atoms with Crippen LogP contribution in [-0.2, 0) is 12.2 Å². The average molecular weight is 321 g/mol. The van der Waals surface area contributed by atoms with Gasteiger partial charge in [-0.15, -0.1) is 0 Å². The van der Waals surface area contributed by atoms with Gasteiger partial charge in [0.1, 0.15) is 0 Å². The molecule has 0 aliphatic rings. The Morgan fingerprint density at radius 1 is 1.45 bits per heavy atom. The van der Waals surface area contributed by atoms with Crippen LogP contribution in [0.3, 0.4) is 0 Å². The van der Waals surface area contributed by atoms with Gasteiger partial charge in [0.15, 0.2) is 5.96 Å². The lowest BCUT2D eigenvalue weighted by atomic mass is 10.2. The fraction of sp³-hybridized carbons (Fsp3) is 0.500. The van der Waals surface area contributed by atoms with Crippen LogP contribution < -0.4 is 11.1 Å². The number of imidazole rings is 2. The molecule has 0 fully saturated rings. The Morgan fingerprint density at radius 3 is 3.00 bits per heavy atom. The Balaban J connectivity index is 1.61. The third kappa shape index (κ3) is 5.44. The maximum atomic E-state index is 5.89. The number of aromatic nitrogens is 4. The first-order valence-electron chi connectivity index (χ1n) is 7.25. The first-order chi connectivity index (χ1) is 10.6. The molecule has 22 heavy (non-hydrogen) atoms. The quantitative estimate of drug-likeness (QED) is 0.332. The number of aliphatic imine (C=N–C) groups is 1. The molecular weight excluding hydrogens is 298 g/mol. The van der Waals surface area contributed by atoms with E-state index < -0.39 is 0 Å². The third-order valence-corrected chi connectivity index (χ3v) is 4.11. The number of aryl methyl sites for hydroxylation is 1. The van der Waals surface area contributed by atoms with E-state index in [2.05, 4.69) is 37.2 Å². The summed E-state index contributed by atoms with van der Waals surface area (Å²) in [5.74, 6) is 2.31. The van der Waals surface area contributed by atoms with Crippen molar-refractivity contribution < 1.29 is 0 Å². The first-order valence-corrected chi connectivity index (χ1v) is 8.41. The normalized spacial score (nSPS) is 13.3. The number of nitrogens with two attached hydrogens (primary N) is 1. The Morgan fingerprint density at radius 2 is 2.32 bits per heavy atom. The maximum Gasteiger partial charge on any atom is 0.188 e. The zero-order chi connectivity index (χ0) is 15.8. The van der Waals surface area contributed by atoms with E-state index in [1.807, 2.05) is 13.1 Å². The lowest BCUT2D eigenvalue weighted by Gasteiger charge is -2.13. The molecule has 120 valence electrons. The minimum atomic E-state index is 0.212. The number of hydrogen-bond donors (Lipinski definition) is 4. The van der Waals surface area contributed by atoms with Gasteiger partial charge in [-0.25, -0.2) is 9.97 Å². The van der Waals surface area contributed by atoms with Crippen LogP contribution >= 0.6 is 11.8 Å². The molecule has 0 saturated carbocycles. The van der Waals surface area contributed by atoms with Gasteiger partial charge in [-0.05, 0) is 13.8 Å². The van der Waals surface area contributed by atoms with Gasteiger partial charge < -0.3 is 21.0 Å². The topological polar surface area (TPSA) is 108 Å². The van der Waals surface area contributed by atoms with E-state index >= 15 is 0 Å². The fourth-order valence-corrected chi connectivity index (χ4v) is 2.86. The van der Waals surface area contributed by atoms with Crippen molar-refractivity contribution >= 4 is 17.7 Å². The first kappa shape index (κ1) is 16.4. The van der Waals surface area contributed by atoms with Gasteiger partial charge in [0, 0.05) is 41.6 Å². The predicted octanol–water partition coefficient (Wildman–Crippen LogP) is 1.21. The molecule has 0 unspecified atom stereocenters. The van der Waals surface area contributed by atoms with Gasteiger partial charge >= 0.3 is 0 Å². The van der Waals surface area contributed by atoms with Crippen LogP contribution in [0, 0.1) is 6.92 Å². The lowest BCUT2D eigenvalue weighted by Crippen LogP contribution is -2.39. The van der Waals surface area contributed by atoms with Gasteiger partial charge in [-0.3, -0.25) is 4.99 Å². The lowest BCUT2D eigenvalue weighted by molar-refractivity contribution is 0.647. The fourth-order valence-electron chi connectivity index (χ4n) is 2.01. The largest absolute Gasteiger partial charge is 0.370 e. The summed E-state index contributed by atoms with van der Waals surface area (Å²) in [6.45, 7) is 4.80. The number of hydrogen-bond acceptors (Lipinski definition) is 4. The van der Waals surface area contributed by atoms with E-state index in [4.69, 9.17) is 5.73 Å². The molecule has 0 radical (unpaired) electrons. The summed E-state index contributed by atoms with van der Waals surface area (Å²) in [5, 5.41) is 3.19. The van der Waals surface area contributed by atoms with E-state index in [0.717, 1.165) is 35.0 Å². The second-order valence-electron chi connectivity index (χ2n) is 5.12. The van der Waals surface area contributed by atoms with Gasteiger partial charge in [0.05, 0.1) is 24.9 Å². The van der Waals surface area contributed by atoms with Gasteiger partial charge in [0.2, 0.25) is 0 Å². The highest BCUT2D eigenvalue weighted by atomic mass is 32.2. The van der Waals surface area contributed by atoms with Gasteiger partial charge in [0.25, 0.3) is 0 Å². The molecule has 0 bridgehead atoms. The second kappa shape index (κ2) is 8.47. The SMILES string of the molecule is Cc1[nH]cnc1CSCCN=C(N)N[C@@H](C)Cc1cnc[nH]1. The van der Waals surface area contributed by atoms with Crippen molar-refractivity contribution in [3.05, 3.63) is 35.9 Å². The van der Waals surface area contributed by atoms with Crippen molar-refractivity contribution in [1.82, 2.24) is 25.3 Å². The number of nitrogens with zero attached hydrogens (tertiary/aromatic N) is 3. The minimum absolute atomic E-state index is 0.212. The molecule has 0 saturated heterocycles. The molecule has 2 aromatic heterocycles. The molecule has 0 spiro atoms. The van der Waals surface area contributed by atoms with Crippen LogP contribution in [-0.4, -0.2) is 44.2 Å². The molecule has 0 aliphatic carbocycles. The van der Waals surface area contributed by atoms with Crippen molar-refractivity contribution in [1.29, 1.82) is 0 Å². The Hall–Kier alpha value is -1.96. The molecule has 2 rings (SSSR count). The Kier molecular flexibility index (Phi) is 6.32. The van der Waals surface area contributed by atoms with E-state index in [-0.39, 0.29) is 6.04 Å². The molecule has 7 nitrogen and oxygen atoms in total. The third-order valence-electron chi connectivity index (χ3n) is 3.17. The van der Waals surface area contributed by atoms with Crippen molar-refractivity contribution in [2.45, 2.75) is 32.1 Å². The van der Waals surface area contributed by atoms with Gasteiger partial charge in [-0.2, -0.15) is 11.8 Å². The summed E-state index contributed by atoms with van der Waals surface area (Å²) < 4.78 is 0. The minimum Gasteiger partial charge on any atom is -0.370 e. The maximum absolute atomic E-state index is 5.89. The van der Waals surface area contributed by atoms with Crippen molar-refractivity contribution in [2.24, 2.45) is 10.7 Å². The highest BCUT2D eigenvalue weighted by molar-refractivity contribution is 7.98. The number of H-pyrrole nitrogens is 2. The summed E-state index contributed by atoms with van der Waals surface area (Å²) in [7, 11) is 0. The monoisotopic (exact) mass is 321 g/mol. The molecule has 0 aromatic carbocycles. The van der Waals surface area contributed by atoms with Crippen LogP contribution in [0.1, 0.15) is 24.0 Å². The van der Waals surface area contributed by atoms with Crippen LogP contribution in [0.2, 0.25) is 0 Å². The number of rotatable bonds is 8. The zero-order valence-electron chi connectivity index (χ0n) is 13.0. The molecule has 2 heterocycles. The van der Waals surface area contributed by atoms with Crippen LogP contribution in [0.25, 0.3) is 0 Å². The van der Waals surface area contributed by atoms with E-state index in [1.165, 1.54) is 0 Å². The number of thioether (sulfide) groups is 1. The predicted molar refractivity (Wildman–Crippen MR) is 90.9 cm³/mol. The highest BCUT2D eigenvalue weighted by Crippen LogP contribution is 2.11. The van der Waals surface area contributed by atoms with Gasteiger partial charge in [-0.1, -0.05) is 0 Å².